The predicted molar refractivity (Wildman–Crippen MR) is 128 cm³/mol. The van der Waals surface area contributed by atoms with Gasteiger partial charge in [0.05, 0.1) is 25.7 Å². The summed E-state index contributed by atoms with van der Waals surface area (Å²) >= 11 is 1.12. The first-order valence-electron chi connectivity index (χ1n) is 10.4. The van der Waals surface area contributed by atoms with Gasteiger partial charge in [-0.15, -0.1) is 0 Å². The molecule has 0 aliphatic rings. The van der Waals surface area contributed by atoms with Crippen molar-refractivity contribution < 1.29 is 14.3 Å². The molecule has 0 aliphatic carbocycles. The highest BCUT2D eigenvalue weighted by Crippen LogP contribution is 2.29. The van der Waals surface area contributed by atoms with E-state index in [2.05, 4.69) is 22.2 Å². The monoisotopic (exact) mass is 473 g/mol. The number of unbranched alkanes of at least 4 members (excludes halogenated alkanes) is 1. The molecular formula is C22H27N5O5S. The van der Waals surface area contributed by atoms with Crippen LogP contribution in [0.4, 0.5) is 5.69 Å². The molecule has 3 rings (SSSR count). The zero-order valence-electron chi connectivity index (χ0n) is 19.3. The van der Waals surface area contributed by atoms with Crippen LogP contribution >= 0.6 is 11.8 Å². The number of amides is 1. The molecule has 10 nitrogen and oxygen atoms in total. The van der Waals surface area contributed by atoms with E-state index in [9.17, 15) is 14.4 Å². The van der Waals surface area contributed by atoms with Crippen molar-refractivity contribution in [3.8, 4) is 11.5 Å². The molecule has 33 heavy (non-hydrogen) atoms. The number of nitrogens with one attached hydrogen (secondary N) is 1. The fraction of sp³-hybridized carbons (Fsp3) is 0.409. The van der Waals surface area contributed by atoms with E-state index in [0.717, 1.165) is 29.2 Å². The molecule has 0 radical (unpaired) electrons. The van der Waals surface area contributed by atoms with E-state index >= 15 is 0 Å². The van der Waals surface area contributed by atoms with Gasteiger partial charge in [-0.25, -0.2) is 14.8 Å². The predicted octanol–water partition coefficient (Wildman–Crippen LogP) is 2.12. The van der Waals surface area contributed by atoms with Gasteiger partial charge in [0.2, 0.25) is 5.91 Å². The maximum atomic E-state index is 12.9. The third-order valence-corrected chi connectivity index (χ3v) is 6.06. The molecule has 2 aromatic heterocycles. The topological polar surface area (TPSA) is 117 Å². The van der Waals surface area contributed by atoms with Gasteiger partial charge >= 0.3 is 5.69 Å². The van der Waals surface area contributed by atoms with Crippen LogP contribution in [0.3, 0.4) is 0 Å². The number of aromatic nitrogens is 4. The third kappa shape index (κ3) is 5.19. The summed E-state index contributed by atoms with van der Waals surface area (Å²) in [6.07, 6.45) is 2.42. The minimum Gasteiger partial charge on any atom is -0.497 e. The van der Waals surface area contributed by atoms with Crippen LogP contribution in [-0.4, -0.2) is 45.0 Å². The molecular weight excluding hydrogens is 446 g/mol. The number of aryl methyl sites for hydroxylation is 2. The van der Waals surface area contributed by atoms with Gasteiger partial charge in [0.1, 0.15) is 27.7 Å². The van der Waals surface area contributed by atoms with Crippen molar-refractivity contribution in [1.82, 2.24) is 19.1 Å². The number of thioether (sulfide) groups is 1. The largest absolute Gasteiger partial charge is 0.497 e. The van der Waals surface area contributed by atoms with Gasteiger partial charge in [0.25, 0.3) is 5.56 Å². The Labute approximate surface area is 195 Å². The van der Waals surface area contributed by atoms with Crippen molar-refractivity contribution in [3.63, 3.8) is 0 Å². The molecule has 176 valence electrons. The normalized spacial score (nSPS) is 10.9. The van der Waals surface area contributed by atoms with Crippen LogP contribution < -0.4 is 26.0 Å². The van der Waals surface area contributed by atoms with Gasteiger partial charge in [-0.2, -0.15) is 0 Å². The number of hydrogen-bond donors (Lipinski definition) is 1. The Balaban J connectivity index is 1.94. The minimum atomic E-state index is -0.493. The Kier molecular flexibility index (Phi) is 7.75. The van der Waals surface area contributed by atoms with E-state index in [1.165, 1.54) is 25.8 Å². The lowest BCUT2D eigenvalue weighted by Gasteiger charge is -2.13. The van der Waals surface area contributed by atoms with Crippen LogP contribution in [0.25, 0.3) is 11.0 Å². The summed E-state index contributed by atoms with van der Waals surface area (Å²) in [7, 11) is 6.02. The second-order valence-corrected chi connectivity index (χ2v) is 8.32. The highest BCUT2D eigenvalue weighted by Gasteiger charge is 2.19. The second kappa shape index (κ2) is 10.5. The number of carbonyl (C=O) groups excluding carboxylic acids is 1. The van der Waals surface area contributed by atoms with Crippen molar-refractivity contribution in [1.29, 1.82) is 0 Å². The number of methoxy groups -OCH3 is 2. The van der Waals surface area contributed by atoms with E-state index in [0.29, 0.717) is 34.5 Å². The summed E-state index contributed by atoms with van der Waals surface area (Å²) in [6, 6.07) is 5.09. The molecule has 1 aromatic carbocycles. The Morgan fingerprint density at radius 3 is 2.55 bits per heavy atom. The van der Waals surface area contributed by atoms with Gasteiger partial charge in [0.15, 0.2) is 5.65 Å². The van der Waals surface area contributed by atoms with Gasteiger partial charge in [-0.1, -0.05) is 25.1 Å². The van der Waals surface area contributed by atoms with Crippen LogP contribution in [0.2, 0.25) is 0 Å². The number of rotatable bonds is 9. The zero-order chi connectivity index (χ0) is 24.1. The van der Waals surface area contributed by atoms with Gasteiger partial charge in [-0.05, 0) is 18.6 Å². The SMILES string of the molecule is CCCCc1nc(SCC(=O)Nc2cc(OC)ccc2OC)c2c(=O)n(C)c(=O)n(C)c2n1. The lowest BCUT2D eigenvalue weighted by atomic mass is 10.2. The standard InChI is InChI=1S/C22H27N5O5S/c1-6-7-8-16-24-19-18(21(29)27(3)22(30)26(19)2)20(25-16)33-12-17(28)23-14-11-13(31-4)9-10-15(14)32-5/h9-11H,6-8,12H2,1-5H3,(H,23,28). The first kappa shape index (κ1) is 24.3. The number of hydrogen-bond acceptors (Lipinski definition) is 8. The second-order valence-electron chi connectivity index (χ2n) is 7.36. The Hall–Kier alpha value is -3.34. The molecule has 11 heteroatoms. The summed E-state index contributed by atoms with van der Waals surface area (Å²) in [5.74, 6) is 1.28. The molecule has 0 unspecified atom stereocenters. The van der Waals surface area contributed by atoms with Crippen LogP contribution in [0.5, 0.6) is 11.5 Å². The van der Waals surface area contributed by atoms with E-state index in [1.54, 1.807) is 25.2 Å². The summed E-state index contributed by atoms with van der Waals surface area (Å²) < 4.78 is 12.9. The maximum absolute atomic E-state index is 12.9. The Morgan fingerprint density at radius 1 is 1.12 bits per heavy atom. The third-order valence-electron chi connectivity index (χ3n) is 5.09. The molecule has 0 bridgehead atoms. The van der Waals surface area contributed by atoms with Crippen molar-refractivity contribution in [2.45, 2.75) is 31.2 Å². The van der Waals surface area contributed by atoms with E-state index < -0.39 is 11.2 Å². The van der Waals surface area contributed by atoms with Gasteiger partial charge in [-0.3, -0.25) is 18.7 Å². The maximum Gasteiger partial charge on any atom is 0.332 e. The van der Waals surface area contributed by atoms with Crippen LogP contribution in [0.1, 0.15) is 25.6 Å². The average Bonchev–Trinajstić information content (AvgIpc) is 2.83. The molecule has 0 atom stereocenters. The fourth-order valence-electron chi connectivity index (χ4n) is 3.25. The quantitative estimate of drug-likeness (QED) is 0.371. The van der Waals surface area contributed by atoms with Crippen molar-refractivity contribution in [2.24, 2.45) is 14.1 Å². The smallest absolute Gasteiger partial charge is 0.332 e. The molecule has 2 heterocycles. The number of anilines is 1. The first-order valence-corrected chi connectivity index (χ1v) is 11.4. The number of benzene rings is 1. The molecule has 1 N–H and O–H groups in total. The van der Waals surface area contributed by atoms with Crippen molar-refractivity contribution in [2.75, 3.05) is 25.3 Å². The van der Waals surface area contributed by atoms with Crippen LogP contribution in [-0.2, 0) is 25.3 Å². The summed E-state index contributed by atoms with van der Waals surface area (Å²) in [4.78, 5) is 47.0. The van der Waals surface area contributed by atoms with E-state index in [1.807, 2.05) is 0 Å². The van der Waals surface area contributed by atoms with Crippen molar-refractivity contribution in [3.05, 3.63) is 44.9 Å². The van der Waals surface area contributed by atoms with Gasteiger partial charge < -0.3 is 14.8 Å². The summed E-state index contributed by atoms with van der Waals surface area (Å²) in [5, 5.41) is 3.39. The highest BCUT2D eigenvalue weighted by molar-refractivity contribution is 8.00. The minimum absolute atomic E-state index is 0.00824. The fourth-order valence-corrected chi connectivity index (χ4v) is 4.09. The van der Waals surface area contributed by atoms with Crippen LogP contribution in [0.15, 0.2) is 32.8 Å². The van der Waals surface area contributed by atoms with E-state index in [4.69, 9.17) is 9.47 Å². The molecule has 1 amide bonds. The zero-order valence-corrected chi connectivity index (χ0v) is 20.1. The Bertz CT molecular complexity index is 1300. The van der Waals surface area contributed by atoms with E-state index in [-0.39, 0.29) is 22.7 Å². The first-order chi connectivity index (χ1) is 15.8. The number of fused-ring (bicyclic) bond motifs is 1. The molecule has 0 fully saturated rings. The molecule has 0 aliphatic heterocycles. The van der Waals surface area contributed by atoms with Crippen molar-refractivity contribution >= 4 is 34.4 Å². The number of ether oxygens (including phenoxy) is 2. The molecule has 0 saturated heterocycles. The molecule has 0 saturated carbocycles. The van der Waals surface area contributed by atoms with Gasteiger partial charge in [0, 0.05) is 26.6 Å². The van der Waals surface area contributed by atoms with Crippen LogP contribution in [0, 0.1) is 0 Å². The lowest BCUT2D eigenvalue weighted by Crippen LogP contribution is -2.38. The highest BCUT2D eigenvalue weighted by atomic mass is 32.2. The molecule has 3 aromatic rings. The summed E-state index contributed by atoms with van der Waals surface area (Å²) in [5.41, 5.74) is -0.225. The molecule has 0 spiro atoms. The summed E-state index contributed by atoms with van der Waals surface area (Å²) in [6.45, 7) is 2.05. The number of carbonyl (C=O) groups is 1. The Morgan fingerprint density at radius 2 is 1.88 bits per heavy atom. The number of nitrogens with zero attached hydrogens (tertiary/aromatic N) is 4. The average molecular weight is 474 g/mol. The lowest BCUT2D eigenvalue weighted by molar-refractivity contribution is -0.113.